The molecule has 0 aliphatic carbocycles. The second-order valence-electron chi connectivity index (χ2n) is 3.87. The Morgan fingerprint density at radius 1 is 1.27 bits per heavy atom. The predicted octanol–water partition coefficient (Wildman–Crippen LogP) is 1.77. The number of aliphatic hydroxyl groups excluding tert-OH is 1. The normalized spacial score (nSPS) is 16.1. The molecule has 1 atom stereocenters. The smallest absolute Gasteiger partial charge is 0.161 e. The zero-order chi connectivity index (χ0) is 10.7. The van der Waals surface area contributed by atoms with Crippen LogP contribution in [0.5, 0.6) is 11.5 Å². The zero-order valence-corrected chi connectivity index (χ0v) is 8.90. The average molecular weight is 208 g/mol. The quantitative estimate of drug-likeness (QED) is 0.822. The Bertz CT molecular complexity index is 334. The number of hydrogen-bond acceptors (Lipinski definition) is 3. The summed E-state index contributed by atoms with van der Waals surface area (Å²) < 4.78 is 10.9. The van der Waals surface area contributed by atoms with E-state index in [1.54, 1.807) is 6.92 Å². The SMILES string of the molecule is C[C@H](O)CCc1ccc2c(c1)OCCO2. The molecule has 3 nitrogen and oxygen atoms in total. The van der Waals surface area contributed by atoms with E-state index in [4.69, 9.17) is 9.47 Å². The van der Waals surface area contributed by atoms with E-state index in [-0.39, 0.29) is 6.10 Å². The molecule has 0 spiro atoms. The molecule has 2 rings (SSSR count). The van der Waals surface area contributed by atoms with Crippen LogP contribution in [-0.4, -0.2) is 24.4 Å². The van der Waals surface area contributed by atoms with Gasteiger partial charge in [0.05, 0.1) is 6.10 Å². The van der Waals surface area contributed by atoms with Crippen molar-refractivity contribution < 1.29 is 14.6 Å². The lowest BCUT2D eigenvalue weighted by molar-refractivity contribution is 0.171. The van der Waals surface area contributed by atoms with Crippen LogP contribution in [0.25, 0.3) is 0 Å². The number of hydrogen-bond donors (Lipinski definition) is 1. The van der Waals surface area contributed by atoms with Gasteiger partial charge in [0.25, 0.3) is 0 Å². The van der Waals surface area contributed by atoms with Crippen molar-refractivity contribution in [1.82, 2.24) is 0 Å². The number of fused-ring (bicyclic) bond motifs is 1. The molecule has 1 aromatic carbocycles. The van der Waals surface area contributed by atoms with Gasteiger partial charge in [0, 0.05) is 0 Å². The number of rotatable bonds is 3. The molecule has 1 N–H and O–H groups in total. The van der Waals surface area contributed by atoms with Gasteiger partial charge in [0.15, 0.2) is 11.5 Å². The molecule has 0 amide bonds. The van der Waals surface area contributed by atoms with E-state index < -0.39 is 0 Å². The van der Waals surface area contributed by atoms with Gasteiger partial charge in [0.1, 0.15) is 13.2 Å². The van der Waals surface area contributed by atoms with Crippen molar-refractivity contribution in [1.29, 1.82) is 0 Å². The highest BCUT2D eigenvalue weighted by atomic mass is 16.6. The van der Waals surface area contributed by atoms with Crippen molar-refractivity contribution >= 4 is 0 Å². The fourth-order valence-electron chi connectivity index (χ4n) is 1.62. The molecule has 82 valence electrons. The van der Waals surface area contributed by atoms with Gasteiger partial charge in [-0.1, -0.05) is 6.07 Å². The van der Waals surface area contributed by atoms with Crippen LogP contribution in [0.1, 0.15) is 18.9 Å². The Morgan fingerprint density at radius 3 is 2.73 bits per heavy atom. The molecule has 1 heterocycles. The fraction of sp³-hybridized carbons (Fsp3) is 0.500. The summed E-state index contributed by atoms with van der Waals surface area (Å²) in [6.07, 6.45) is 1.40. The Morgan fingerprint density at radius 2 is 2.00 bits per heavy atom. The van der Waals surface area contributed by atoms with Crippen LogP contribution >= 0.6 is 0 Å². The van der Waals surface area contributed by atoms with Gasteiger partial charge in [0.2, 0.25) is 0 Å². The number of aliphatic hydroxyl groups is 1. The molecule has 0 saturated carbocycles. The summed E-state index contributed by atoms with van der Waals surface area (Å²) >= 11 is 0. The Kier molecular flexibility index (Phi) is 3.11. The minimum absolute atomic E-state index is 0.252. The zero-order valence-electron chi connectivity index (χ0n) is 8.90. The second-order valence-corrected chi connectivity index (χ2v) is 3.87. The third-order valence-electron chi connectivity index (χ3n) is 2.46. The van der Waals surface area contributed by atoms with E-state index >= 15 is 0 Å². The second kappa shape index (κ2) is 4.53. The first-order chi connectivity index (χ1) is 7.25. The minimum atomic E-state index is -0.252. The first kappa shape index (κ1) is 10.3. The Labute approximate surface area is 89.6 Å². The molecule has 1 aliphatic rings. The standard InChI is InChI=1S/C12H16O3/c1-9(13)2-3-10-4-5-11-12(8-10)15-7-6-14-11/h4-5,8-9,13H,2-3,6-7H2,1H3/t9-/m0/s1. The predicted molar refractivity (Wildman–Crippen MR) is 57.4 cm³/mol. The molecule has 15 heavy (non-hydrogen) atoms. The number of aryl methyl sites for hydroxylation is 1. The van der Waals surface area contributed by atoms with Gasteiger partial charge in [-0.2, -0.15) is 0 Å². The van der Waals surface area contributed by atoms with Gasteiger partial charge in [-0.15, -0.1) is 0 Å². The molecule has 0 aromatic heterocycles. The number of benzene rings is 1. The monoisotopic (exact) mass is 208 g/mol. The lowest BCUT2D eigenvalue weighted by Gasteiger charge is -2.19. The van der Waals surface area contributed by atoms with Crippen LogP contribution in [0, 0.1) is 0 Å². The van der Waals surface area contributed by atoms with Crippen molar-refractivity contribution in [3.63, 3.8) is 0 Å². The summed E-state index contributed by atoms with van der Waals surface area (Å²) in [6.45, 7) is 3.05. The highest BCUT2D eigenvalue weighted by molar-refractivity contribution is 5.43. The summed E-state index contributed by atoms with van der Waals surface area (Å²) in [5, 5.41) is 9.20. The third kappa shape index (κ3) is 2.63. The molecule has 0 radical (unpaired) electrons. The number of ether oxygens (including phenoxy) is 2. The van der Waals surface area contributed by atoms with E-state index in [2.05, 4.69) is 0 Å². The highest BCUT2D eigenvalue weighted by Gasteiger charge is 2.11. The van der Waals surface area contributed by atoms with Crippen LogP contribution < -0.4 is 9.47 Å². The van der Waals surface area contributed by atoms with Crippen molar-refractivity contribution in [2.75, 3.05) is 13.2 Å². The molecule has 3 heteroatoms. The van der Waals surface area contributed by atoms with Crippen molar-refractivity contribution in [2.45, 2.75) is 25.9 Å². The van der Waals surface area contributed by atoms with E-state index in [1.165, 1.54) is 5.56 Å². The Balaban J connectivity index is 2.07. The van der Waals surface area contributed by atoms with Crippen molar-refractivity contribution in [3.8, 4) is 11.5 Å². The maximum absolute atomic E-state index is 9.20. The Hall–Kier alpha value is -1.22. The van der Waals surface area contributed by atoms with Crippen LogP contribution in [-0.2, 0) is 6.42 Å². The molecule has 1 aromatic rings. The largest absolute Gasteiger partial charge is 0.486 e. The van der Waals surface area contributed by atoms with E-state index in [1.807, 2.05) is 18.2 Å². The summed E-state index contributed by atoms with van der Waals surface area (Å²) in [5.41, 5.74) is 1.18. The first-order valence-corrected chi connectivity index (χ1v) is 5.32. The molecule has 0 bridgehead atoms. The molecular weight excluding hydrogens is 192 g/mol. The summed E-state index contributed by atoms with van der Waals surface area (Å²) in [4.78, 5) is 0. The third-order valence-corrected chi connectivity index (χ3v) is 2.46. The lowest BCUT2D eigenvalue weighted by atomic mass is 10.1. The van der Waals surface area contributed by atoms with Gasteiger partial charge in [-0.05, 0) is 37.5 Å². The molecule has 0 saturated heterocycles. The lowest BCUT2D eigenvalue weighted by Crippen LogP contribution is -2.15. The molecule has 0 unspecified atom stereocenters. The highest BCUT2D eigenvalue weighted by Crippen LogP contribution is 2.31. The molecule has 0 fully saturated rings. The van der Waals surface area contributed by atoms with E-state index in [0.29, 0.717) is 13.2 Å². The average Bonchev–Trinajstić information content (AvgIpc) is 2.26. The topological polar surface area (TPSA) is 38.7 Å². The van der Waals surface area contributed by atoms with Gasteiger partial charge >= 0.3 is 0 Å². The van der Waals surface area contributed by atoms with Crippen molar-refractivity contribution in [2.24, 2.45) is 0 Å². The van der Waals surface area contributed by atoms with E-state index in [9.17, 15) is 5.11 Å². The van der Waals surface area contributed by atoms with Crippen LogP contribution in [0.3, 0.4) is 0 Å². The molecular formula is C12H16O3. The molecule has 1 aliphatic heterocycles. The van der Waals surface area contributed by atoms with E-state index in [0.717, 1.165) is 24.3 Å². The fourth-order valence-corrected chi connectivity index (χ4v) is 1.62. The maximum atomic E-state index is 9.20. The van der Waals surface area contributed by atoms with Crippen LogP contribution in [0.4, 0.5) is 0 Å². The van der Waals surface area contributed by atoms with Gasteiger partial charge in [-0.3, -0.25) is 0 Å². The summed E-state index contributed by atoms with van der Waals surface area (Å²) in [5.74, 6) is 1.64. The van der Waals surface area contributed by atoms with Gasteiger partial charge < -0.3 is 14.6 Å². The van der Waals surface area contributed by atoms with Gasteiger partial charge in [-0.25, -0.2) is 0 Å². The van der Waals surface area contributed by atoms with Crippen molar-refractivity contribution in [3.05, 3.63) is 23.8 Å². The minimum Gasteiger partial charge on any atom is -0.486 e. The first-order valence-electron chi connectivity index (χ1n) is 5.32. The maximum Gasteiger partial charge on any atom is 0.161 e. The van der Waals surface area contributed by atoms with Crippen LogP contribution in [0.15, 0.2) is 18.2 Å². The summed E-state index contributed by atoms with van der Waals surface area (Å²) in [7, 11) is 0. The van der Waals surface area contributed by atoms with Crippen LogP contribution in [0.2, 0.25) is 0 Å². The summed E-state index contributed by atoms with van der Waals surface area (Å²) in [6, 6.07) is 5.96.